The molecular weight excluding hydrogens is 515 g/mol. The van der Waals surface area contributed by atoms with Gasteiger partial charge in [-0.15, -0.1) is 0 Å². The van der Waals surface area contributed by atoms with Crippen molar-refractivity contribution in [2.45, 2.75) is 39.0 Å². The van der Waals surface area contributed by atoms with Gasteiger partial charge in [-0.1, -0.05) is 18.2 Å². The van der Waals surface area contributed by atoms with Gasteiger partial charge in [0.2, 0.25) is 0 Å². The largest absolute Gasteiger partial charge is 0.467 e. The summed E-state index contributed by atoms with van der Waals surface area (Å²) in [5, 5.41) is 9.24. The highest BCUT2D eigenvalue weighted by Gasteiger charge is 2.40. The molecule has 11 heteroatoms. The van der Waals surface area contributed by atoms with E-state index in [9.17, 15) is 23.2 Å². The zero-order chi connectivity index (χ0) is 28.7. The maximum absolute atomic E-state index is 13.5. The van der Waals surface area contributed by atoms with E-state index in [0.717, 1.165) is 12.1 Å². The van der Waals surface area contributed by atoms with Gasteiger partial charge in [0.15, 0.2) is 12.6 Å². The Kier molecular flexibility index (Phi) is 9.61. The SMILES string of the molecule is COCCOC(=O)C1=C(C)N(c2cccc(C(F)(F)F)c2)C(N)=C(OCOC(C)C)C1c1ccc(C#N)cc1. The summed E-state index contributed by atoms with van der Waals surface area (Å²) in [7, 11) is 1.46. The number of rotatable bonds is 10. The standard InChI is InChI=1S/C28H30F3N3O5/c1-17(2)38-16-39-25-24(20-10-8-19(15-32)9-11-20)23(27(35)37-13-12-36-4)18(3)34(26(25)33)22-7-5-6-21(14-22)28(29,30)31/h5-11,14,17,24H,12-13,16,33H2,1-4H3. The molecule has 0 saturated heterocycles. The van der Waals surface area contributed by atoms with Crippen molar-refractivity contribution in [1.82, 2.24) is 0 Å². The number of ether oxygens (including phenoxy) is 4. The Labute approximate surface area is 225 Å². The van der Waals surface area contributed by atoms with E-state index in [1.807, 2.05) is 6.07 Å². The van der Waals surface area contributed by atoms with Gasteiger partial charge in [0, 0.05) is 18.5 Å². The van der Waals surface area contributed by atoms with Crippen LogP contribution in [0.1, 0.15) is 43.4 Å². The molecule has 2 N–H and O–H groups in total. The number of nitrogens with zero attached hydrogens (tertiary/aromatic N) is 2. The Morgan fingerprint density at radius 3 is 2.44 bits per heavy atom. The monoisotopic (exact) mass is 545 g/mol. The first-order chi connectivity index (χ1) is 18.5. The van der Waals surface area contributed by atoms with Crippen molar-refractivity contribution in [3.05, 3.63) is 88.1 Å². The van der Waals surface area contributed by atoms with Gasteiger partial charge in [-0.05, 0) is 56.7 Å². The van der Waals surface area contributed by atoms with Gasteiger partial charge in [-0.2, -0.15) is 18.4 Å². The maximum Gasteiger partial charge on any atom is 0.416 e. The van der Waals surface area contributed by atoms with Crippen LogP contribution in [-0.4, -0.2) is 39.2 Å². The van der Waals surface area contributed by atoms with Crippen molar-refractivity contribution in [3.8, 4) is 6.07 Å². The van der Waals surface area contributed by atoms with Crippen molar-refractivity contribution in [1.29, 1.82) is 5.26 Å². The number of carbonyl (C=O) groups is 1. The lowest BCUT2D eigenvalue weighted by molar-refractivity contribution is -0.141. The number of alkyl halides is 3. The molecule has 0 saturated carbocycles. The third-order valence-corrected chi connectivity index (χ3v) is 5.93. The quantitative estimate of drug-likeness (QED) is 0.248. The van der Waals surface area contributed by atoms with E-state index in [-0.39, 0.29) is 54.6 Å². The lowest BCUT2D eigenvalue weighted by atomic mass is 9.84. The zero-order valence-corrected chi connectivity index (χ0v) is 22.0. The molecule has 208 valence electrons. The summed E-state index contributed by atoms with van der Waals surface area (Å²) in [6, 6.07) is 13.1. The summed E-state index contributed by atoms with van der Waals surface area (Å²) in [6.07, 6.45) is -4.79. The average Bonchev–Trinajstić information content (AvgIpc) is 2.89. The molecule has 3 rings (SSSR count). The van der Waals surface area contributed by atoms with E-state index in [1.165, 1.54) is 24.1 Å². The fourth-order valence-corrected chi connectivity index (χ4v) is 4.07. The van der Waals surface area contributed by atoms with Crippen molar-refractivity contribution in [2.24, 2.45) is 5.73 Å². The van der Waals surface area contributed by atoms with Crippen LogP contribution >= 0.6 is 0 Å². The Bertz CT molecular complexity index is 1280. The van der Waals surface area contributed by atoms with Crippen LogP contribution in [-0.2, 0) is 29.9 Å². The lowest BCUT2D eigenvalue weighted by Gasteiger charge is -2.37. The van der Waals surface area contributed by atoms with E-state index in [2.05, 4.69) is 0 Å². The van der Waals surface area contributed by atoms with E-state index in [0.29, 0.717) is 11.1 Å². The minimum absolute atomic E-state index is 0.0259. The van der Waals surface area contributed by atoms with E-state index in [1.54, 1.807) is 45.0 Å². The number of nitrogens with two attached hydrogens (primary N) is 1. The second-order valence-electron chi connectivity index (χ2n) is 8.91. The minimum atomic E-state index is -4.60. The normalized spacial score (nSPS) is 16.0. The van der Waals surface area contributed by atoms with E-state index >= 15 is 0 Å². The van der Waals surface area contributed by atoms with Gasteiger partial charge in [0.05, 0.1) is 41.4 Å². The molecular formula is C28H30F3N3O5. The molecule has 39 heavy (non-hydrogen) atoms. The number of halogens is 3. The summed E-state index contributed by atoms with van der Waals surface area (Å²) >= 11 is 0. The second kappa shape index (κ2) is 12.7. The fourth-order valence-electron chi connectivity index (χ4n) is 4.07. The Morgan fingerprint density at radius 2 is 1.85 bits per heavy atom. The predicted molar refractivity (Wildman–Crippen MR) is 137 cm³/mol. The fraction of sp³-hybridized carbons (Fsp3) is 0.357. The molecule has 1 aliphatic heterocycles. The number of esters is 1. The van der Waals surface area contributed by atoms with Crippen LogP contribution in [0.2, 0.25) is 0 Å². The van der Waals surface area contributed by atoms with E-state index in [4.69, 9.17) is 24.7 Å². The molecule has 1 atom stereocenters. The number of hydrogen-bond donors (Lipinski definition) is 1. The van der Waals surface area contributed by atoms with E-state index < -0.39 is 23.6 Å². The summed E-state index contributed by atoms with van der Waals surface area (Å²) in [5.74, 6) is -1.57. The molecule has 0 radical (unpaired) electrons. The number of benzene rings is 2. The molecule has 2 aromatic carbocycles. The van der Waals surface area contributed by atoms with Crippen LogP contribution in [0.25, 0.3) is 0 Å². The first-order valence-electron chi connectivity index (χ1n) is 12.1. The number of carbonyl (C=O) groups excluding carboxylic acids is 1. The van der Waals surface area contributed by atoms with Crippen LogP contribution in [0.15, 0.2) is 71.4 Å². The van der Waals surface area contributed by atoms with Crippen LogP contribution < -0.4 is 10.6 Å². The second-order valence-corrected chi connectivity index (χ2v) is 8.91. The Balaban J connectivity index is 2.24. The Hall–Kier alpha value is -4.01. The highest BCUT2D eigenvalue weighted by Crippen LogP contribution is 2.44. The number of methoxy groups -OCH3 is 1. The summed E-state index contributed by atoms with van der Waals surface area (Å²) in [5.41, 5.74) is 7.06. The Morgan fingerprint density at radius 1 is 1.15 bits per heavy atom. The molecule has 0 aliphatic carbocycles. The van der Waals surface area contributed by atoms with Gasteiger partial charge in [0.1, 0.15) is 12.4 Å². The molecule has 0 spiro atoms. The smallest absolute Gasteiger partial charge is 0.416 e. The third-order valence-electron chi connectivity index (χ3n) is 5.93. The minimum Gasteiger partial charge on any atom is -0.467 e. The molecule has 1 aliphatic rings. The molecule has 2 aromatic rings. The summed E-state index contributed by atoms with van der Waals surface area (Å²) < 4.78 is 62.6. The van der Waals surface area contributed by atoms with Crippen molar-refractivity contribution >= 4 is 11.7 Å². The van der Waals surface area contributed by atoms with Crippen LogP contribution in [0.4, 0.5) is 18.9 Å². The number of hydrogen-bond acceptors (Lipinski definition) is 8. The summed E-state index contributed by atoms with van der Waals surface area (Å²) in [6.45, 7) is 5.03. The third kappa shape index (κ3) is 6.90. The molecule has 0 amide bonds. The molecule has 0 bridgehead atoms. The first-order valence-corrected chi connectivity index (χ1v) is 12.1. The number of anilines is 1. The zero-order valence-electron chi connectivity index (χ0n) is 22.0. The molecule has 8 nitrogen and oxygen atoms in total. The first kappa shape index (κ1) is 29.5. The topological polar surface area (TPSA) is 107 Å². The highest BCUT2D eigenvalue weighted by molar-refractivity contribution is 5.94. The maximum atomic E-state index is 13.5. The average molecular weight is 546 g/mol. The van der Waals surface area contributed by atoms with Crippen molar-refractivity contribution in [3.63, 3.8) is 0 Å². The summed E-state index contributed by atoms with van der Waals surface area (Å²) in [4.78, 5) is 14.8. The van der Waals surface area contributed by atoms with Gasteiger partial charge >= 0.3 is 12.1 Å². The van der Waals surface area contributed by atoms with Gasteiger partial charge < -0.3 is 24.7 Å². The molecule has 1 heterocycles. The van der Waals surface area contributed by atoms with Crippen molar-refractivity contribution in [2.75, 3.05) is 32.0 Å². The van der Waals surface area contributed by atoms with Gasteiger partial charge in [-0.25, -0.2) is 4.79 Å². The van der Waals surface area contributed by atoms with Gasteiger partial charge in [-0.3, -0.25) is 4.90 Å². The lowest BCUT2D eigenvalue weighted by Crippen LogP contribution is -2.38. The predicted octanol–water partition coefficient (Wildman–Crippen LogP) is 5.17. The number of allylic oxidation sites excluding steroid dienone is 2. The van der Waals surface area contributed by atoms with Crippen molar-refractivity contribution < 1.29 is 36.9 Å². The molecule has 1 unspecified atom stereocenters. The highest BCUT2D eigenvalue weighted by atomic mass is 19.4. The van der Waals surface area contributed by atoms with Crippen LogP contribution in [0.3, 0.4) is 0 Å². The van der Waals surface area contributed by atoms with Crippen LogP contribution in [0.5, 0.6) is 0 Å². The molecule has 0 aromatic heterocycles. The number of nitriles is 1. The molecule has 0 fully saturated rings. The van der Waals surface area contributed by atoms with Gasteiger partial charge in [0.25, 0.3) is 0 Å². The van der Waals surface area contributed by atoms with Crippen LogP contribution in [0, 0.1) is 11.3 Å².